The molecule has 0 radical (unpaired) electrons. The van der Waals surface area contributed by atoms with Gasteiger partial charge in [0, 0.05) is 36.7 Å². The molecule has 1 fully saturated rings. The number of carbonyl (C=O) groups excluding carboxylic acids is 2. The number of methoxy groups -OCH3 is 2. The van der Waals surface area contributed by atoms with Crippen molar-refractivity contribution in [2.45, 2.75) is 12.8 Å². The Morgan fingerprint density at radius 3 is 2.36 bits per heavy atom. The first kappa shape index (κ1) is 22.6. The first-order chi connectivity index (χ1) is 16.1. The minimum Gasteiger partial charge on any atom is -0.497 e. The van der Waals surface area contributed by atoms with Gasteiger partial charge in [0.15, 0.2) is 11.5 Å². The average Bonchev–Trinajstić information content (AvgIpc) is 3.33. The monoisotopic (exact) mass is 456 g/mol. The van der Waals surface area contributed by atoms with Crippen LogP contribution in [-0.4, -0.2) is 64.0 Å². The van der Waals surface area contributed by atoms with Gasteiger partial charge >= 0.3 is 0 Å². The van der Waals surface area contributed by atoms with Crippen molar-refractivity contribution in [3.63, 3.8) is 0 Å². The van der Waals surface area contributed by atoms with Crippen LogP contribution in [0.3, 0.4) is 0 Å². The van der Waals surface area contributed by atoms with Crippen molar-refractivity contribution in [2.24, 2.45) is 5.92 Å². The van der Waals surface area contributed by atoms with Crippen molar-refractivity contribution in [3.05, 3.63) is 42.0 Å². The number of ether oxygens (including phenoxy) is 5. The molecule has 2 aromatic rings. The second-order valence-corrected chi connectivity index (χ2v) is 7.82. The summed E-state index contributed by atoms with van der Waals surface area (Å²) in [6.07, 6.45) is 1.23. The number of rotatable bonds is 8. The van der Waals surface area contributed by atoms with Gasteiger partial charge in [-0.15, -0.1) is 0 Å². The molecule has 0 saturated carbocycles. The number of piperidine rings is 1. The van der Waals surface area contributed by atoms with Gasteiger partial charge < -0.3 is 33.9 Å². The Bertz CT molecular complexity index is 980. The Balaban J connectivity index is 1.21. The molecule has 9 heteroatoms. The molecule has 2 heterocycles. The van der Waals surface area contributed by atoms with E-state index in [1.54, 1.807) is 55.5 Å². The van der Waals surface area contributed by atoms with E-state index in [-0.39, 0.29) is 24.5 Å². The predicted molar refractivity (Wildman–Crippen MR) is 119 cm³/mol. The van der Waals surface area contributed by atoms with Gasteiger partial charge in [-0.1, -0.05) is 0 Å². The fourth-order valence-corrected chi connectivity index (χ4v) is 3.91. The first-order valence-electron chi connectivity index (χ1n) is 10.9. The minimum absolute atomic E-state index is 0.0144. The van der Waals surface area contributed by atoms with Crippen molar-refractivity contribution in [2.75, 3.05) is 47.3 Å². The lowest BCUT2D eigenvalue weighted by molar-refractivity contribution is -0.126. The van der Waals surface area contributed by atoms with Crippen molar-refractivity contribution in [3.8, 4) is 28.7 Å². The second kappa shape index (κ2) is 10.3. The van der Waals surface area contributed by atoms with Crippen LogP contribution >= 0.6 is 0 Å². The molecule has 2 aliphatic rings. The summed E-state index contributed by atoms with van der Waals surface area (Å²) in [4.78, 5) is 27.2. The van der Waals surface area contributed by atoms with Crippen LogP contribution in [0, 0.1) is 5.92 Å². The number of benzene rings is 2. The zero-order valence-electron chi connectivity index (χ0n) is 18.8. The largest absolute Gasteiger partial charge is 0.497 e. The normalized spacial score (nSPS) is 15.2. The van der Waals surface area contributed by atoms with Gasteiger partial charge in [0.25, 0.3) is 5.91 Å². The van der Waals surface area contributed by atoms with Gasteiger partial charge in [0.05, 0.1) is 20.8 Å². The molecule has 2 aromatic carbocycles. The second-order valence-electron chi connectivity index (χ2n) is 7.82. The molecule has 0 aliphatic carbocycles. The van der Waals surface area contributed by atoms with Gasteiger partial charge in [-0.3, -0.25) is 9.59 Å². The SMILES string of the molecule is COc1cc(OC)cc(C(=O)N2CCC(C(=O)NCCOc3ccc4c(c3)OCO4)CC2)c1. The molecule has 0 aromatic heterocycles. The number of likely N-dealkylation sites (tertiary alicyclic amines) is 1. The van der Waals surface area contributed by atoms with E-state index >= 15 is 0 Å². The van der Waals surface area contributed by atoms with Crippen LogP contribution < -0.4 is 29.0 Å². The van der Waals surface area contributed by atoms with Crippen molar-refractivity contribution >= 4 is 11.8 Å². The lowest BCUT2D eigenvalue weighted by Crippen LogP contribution is -2.43. The molecule has 0 spiro atoms. The third-order valence-electron chi connectivity index (χ3n) is 5.77. The zero-order valence-corrected chi connectivity index (χ0v) is 18.8. The Hall–Kier alpha value is -3.62. The van der Waals surface area contributed by atoms with Crippen LogP contribution in [0.15, 0.2) is 36.4 Å². The fourth-order valence-electron chi connectivity index (χ4n) is 3.91. The van der Waals surface area contributed by atoms with Gasteiger partial charge in [0.2, 0.25) is 12.7 Å². The average molecular weight is 456 g/mol. The van der Waals surface area contributed by atoms with Gasteiger partial charge in [-0.05, 0) is 37.1 Å². The molecule has 1 N–H and O–H groups in total. The first-order valence-corrected chi connectivity index (χ1v) is 10.9. The summed E-state index contributed by atoms with van der Waals surface area (Å²) >= 11 is 0. The summed E-state index contributed by atoms with van der Waals surface area (Å²) < 4.78 is 26.8. The summed E-state index contributed by atoms with van der Waals surface area (Å²) in [5.41, 5.74) is 0.509. The van der Waals surface area contributed by atoms with E-state index in [4.69, 9.17) is 23.7 Å². The van der Waals surface area contributed by atoms with E-state index in [1.165, 1.54) is 0 Å². The number of carbonyl (C=O) groups is 2. The maximum Gasteiger partial charge on any atom is 0.254 e. The standard InChI is InChI=1S/C24H28N2O7/c1-29-19-11-17(12-20(13-19)30-2)24(28)26-8-5-16(6-9-26)23(27)25-7-10-31-18-3-4-21-22(14-18)33-15-32-21/h3-4,11-14,16H,5-10,15H2,1-2H3,(H,25,27). The van der Waals surface area contributed by atoms with Crippen LogP contribution in [0.1, 0.15) is 23.2 Å². The summed E-state index contributed by atoms with van der Waals surface area (Å²) in [6.45, 7) is 2.00. The highest BCUT2D eigenvalue weighted by atomic mass is 16.7. The van der Waals surface area contributed by atoms with E-state index in [9.17, 15) is 9.59 Å². The highest BCUT2D eigenvalue weighted by Gasteiger charge is 2.28. The lowest BCUT2D eigenvalue weighted by atomic mass is 9.95. The topological polar surface area (TPSA) is 95.6 Å². The van der Waals surface area contributed by atoms with Crippen molar-refractivity contribution in [1.29, 1.82) is 0 Å². The summed E-state index contributed by atoms with van der Waals surface area (Å²) in [7, 11) is 3.10. The Morgan fingerprint density at radius 1 is 0.970 bits per heavy atom. The summed E-state index contributed by atoms with van der Waals surface area (Å²) in [5.74, 6) is 2.91. The molecule has 176 valence electrons. The number of hydrogen-bond donors (Lipinski definition) is 1. The molecule has 1 saturated heterocycles. The van der Waals surface area contributed by atoms with E-state index in [1.807, 2.05) is 0 Å². The lowest BCUT2D eigenvalue weighted by Gasteiger charge is -2.31. The Kier molecular flexibility index (Phi) is 7.07. The number of amides is 2. The minimum atomic E-state index is -0.126. The highest BCUT2D eigenvalue weighted by molar-refractivity contribution is 5.95. The van der Waals surface area contributed by atoms with E-state index in [0.717, 1.165) is 0 Å². The fraction of sp³-hybridized carbons (Fsp3) is 0.417. The van der Waals surface area contributed by atoms with Gasteiger partial charge in [-0.2, -0.15) is 0 Å². The van der Waals surface area contributed by atoms with E-state index in [2.05, 4.69) is 5.32 Å². The van der Waals surface area contributed by atoms with Crippen LogP contribution in [0.4, 0.5) is 0 Å². The quantitative estimate of drug-likeness (QED) is 0.610. The predicted octanol–water partition coefficient (Wildman–Crippen LogP) is 2.48. The zero-order chi connectivity index (χ0) is 23.2. The number of nitrogens with one attached hydrogen (secondary N) is 1. The molecular weight excluding hydrogens is 428 g/mol. The number of hydrogen-bond acceptors (Lipinski definition) is 7. The molecule has 2 amide bonds. The highest BCUT2D eigenvalue weighted by Crippen LogP contribution is 2.35. The molecule has 0 bridgehead atoms. The van der Waals surface area contributed by atoms with Crippen molar-refractivity contribution in [1.82, 2.24) is 10.2 Å². The van der Waals surface area contributed by atoms with Crippen molar-refractivity contribution < 1.29 is 33.3 Å². The molecule has 4 rings (SSSR count). The van der Waals surface area contributed by atoms with E-state index in [0.29, 0.717) is 73.4 Å². The molecule has 9 nitrogen and oxygen atoms in total. The van der Waals surface area contributed by atoms with Crippen LogP contribution in [-0.2, 0) is 4.79 Å². The summed E-state index contributed by atoms with van der Waals surface area (Å²) in [6, 6.07) is 10.5. The molecule has 33 heavy (non-hydrogen) atoms. The van der Waals surface area contributed by atoms with Gasteiger partial charge in [0.1, 0.15) is 23.9 Å². The number of nitrogens with zero attached hydrogens (tertiary/aromatic N) is 1. The number of fused-ring (bicyclic) bond motifs is 1. The maximum atomic E-state index is 12.9. The van der Waals surface area contributed by atoms with Crippen LogP contribution in [0.5, 0.6) is 28.7 Å². The third-order valence-corrected chi connectivity index (χ3v) is 5.77. The van der Waals surface area contributed by atoms with Crippen LogP contribution in [0.2, 0.25) is 0 Å². The molecular formula is C24H28N2O7. The molecule has 0 atom stereocenters. The summed E-state index contributed by atoms with van der Waals surface area (Å²) in [5, 5.41) is 2.92. The molecule has 2 aliphatic heterocycles. The van der Waals surface area contributed by atoms with Crippen LogP contribution in [0.25, 0.3) is 0 Å². The Morgan fingerprint density at radius 2 is 1.67 bits per heavy atom. The van der Waals surface area contributed by atoms with Gasteiger partial charge in [-0.25, -0.2) is 0 Å². The molecule has 0 unspecified atom stereocenters. The van der Waals surface area contributed by atoms with E-state index < -0.39 is 0 Å². The third kappa shape index (κ3) is 5.42. The smallest absolute Gasteiger partial charge is 0.254 e. The Labute approximate surface area is 192 Å². The maximum absolute atomic E-state index is 12.9.